The number of phosphoric acid groups is 1. The van der Waals surface area contributed by atoms with Gasteiger partial charge in [-0.3, -0.25) is 13.8 Å². The Balaban J connectivity index is 4.22. The van der Waals surface area contributed by atoms with Gasteiger partial charge in [0.05, 0.1) is 26.4 Å². The largest absolute Gasteiger partial charge is 0.472 e. The summed E-state index contributed by atoms with van der Waals surface area (Å²) in [7, 11) is -4.51. The van der Waals surface area contributed by atoms with Crippen LogP contribution in [-0.2, 0) is 27.9 Å². The van der Waals surface area contributed by atoms with Gasteiger partial charge in [0.25, 0.3) is 0 Å². The van der Waals surface area contributed by atoms with Gasteiger partial charge >= 0.3 is 13.8 Å². The summed E-state index contributed by atoms with van der Waals surface area (Å²) < 4.78 is 33.2. The molecule has 9 nitrogen and oxygen atoms in total. The molecule has 0 aromatic carbocycles. The Labute approximate surface area is 300 Å². The van der Waals surface area contributed by atoms with Crippen LogP contribution in [-0.4, -0.2) is 66.3 Å². The van der Waals surface area contributed by atoms with E-state index in [1.807, 2.05) is 0 Å². The summed E-state index contributed by atoms with van der Waals surface area (Å²) in [5.74, 6) is -0.387. The van der Waals surface area contributed by atoms with Crippen LogP contribution in [0.15, 0.2) is 24.3 Å². The van der Waals surface area contributed by atoms with E-state index in [1.165, 1.54) is 103 Å². The standard InChI is InChI=1S/C39H75O9P/c1-3-5-7-9-11-13-15-17-18-19-20-22-24-26-28-30-32-45-35-38(36-47-49(43,44)46-34-37(41)33-40)48-39(42)31-29-27-25-23-21-16-14-12-10-8-6-4-2/h11,13,17-18,37-38,40-41H,3-10,12,14-16,19-36H2,1-2H3,(H,43,44)/b13-11-,18-17-. The molecule has 49 heavy (non-hydrogen) atoms. The number of allylic oxidation sites excluding steroid dienone is 4. The molecule has 290 valence electrons. The van der Waals surface area contributed by atoms with Crippen molar-refractivity contribution in [2.75, 3.05) is 33.0 Å². The van der Waals surface area contributed by atoms with Crippen molar-refractivity contribution in [3.05, 3.63) is 24.3 Å². The van der Waals surface area contributed by atoms with E-state index < -0.39 is 33.2 Å². The van der Waals surface area contributed by atoms with Crippen LogP contribution in [0.5, 0.6) is 0 Å². The van der Waals surface area contributed by atoms with E-state index in [4.69, 9.17) is 23.6 Å². The zero-order valence-corrected chi connectivity index (χ0v) is 32.3. The summed E-state index contributed by atoms with van der Waals surface area (Å²) in [6.07, 6.45) is 35.6. The smallest absolute Gasteiger partial charge is 0.457 e. The molecule has 0 aliphatic rings. The van der Waals surface area contributed by atoms with Crippen LogP contribution in [0.25, 0.3) is 0 Å². The fraction of sp³-hybridized carbons (Fsp3) is 0.872. The maximum absolute atomic E-state index is 12.5. The number of carbonyl (C=O) groups excluding carboxylic acids is 1. The maximum Gasteiger partial charge on any atom is 0.472 e. The van der Waals surface area contributed by atoms with E-state index >= 15 is 0 Å². The number of aliphatic hydroxyl groups is 2. The minimum atomic E-state index is -4.51. The van der Waals surface area contributed by atoms with Crippen LogP contribution >= 0.6 is 7.82 Å². The molecule has 10 heteroatoms. The third-order valence-electron chi connectivity index (χ3n) is 8.39. The van der Waals surface area contributed by atoms with Gasteiger partial charge in [0.15, 0.2) is 0 Å². The first-order chi connectivity index (χ1) is 23.8. The van der Waals surface area contributed by atoms with Crippen LogP contribution in [0.3, 0.4) is 0 Å². The molecule has 0 aromatic heterocycles. The normalized spacial score (nSPS) is 14.5. The van der Waals surface area contributed by atoms with E-state index in [1.54, 1.807) is 0 Å². The van der Waals surface area contributed by atoms with Gasteiger partial charge in [0.2, 0.25) is 0 Å². The van der Waals surface area contributed by atoms with Crippen molar-refractivity contribution in [3.8, 4) is 0 Å². The highest BCUT2D eigenvalue weighted by molar-refractivity contribution is 7.47. The van der Waals surface area contributed by atoms with Gasteiger partial charge in [0.1, 0.15) is 12.2 Å². The molecule has 0 aliphatic carbocycles. The van der Waals surface area contributed by atoms with Gasteiger partial charge in [-0.15, -0.1) is 0 Å². The Bertz CT molecular complexity index is 820. The van der Waals surface area contributed by atoms with Crippen molar-refractivity contribution in [1.29, 1.82) is 0 Å². The van der Waals surface area contributed by atoms with Crippen molar-refractivity contribution in [3.63, 3.8) is 0 Å². The fourth-order valence-electron chi connectivity index (χ4n) is 5.33. The summed E-state index contributed by atoms with van der Waals surface area (Å²) in [5, 5.41) is 18.3. The van der Waals surface area contributed by atoms with Crippen LogP contribution in [0.2, 0.25) is 0 Å². The Morgan fingerprint density at radius 3 is 1.67 bits per heavy atom. The van der Waals surface area contributed by atoms with Crippen LogP contribution in [0.1, 0.15) is 174 Å². The molecule has 0 saturated carbocycles. The molecule has 0 spiro atoms. The maximum atomic E-state index is 12.5. The lowest BCUT2D eigenvalue weighted by Crippen LogP contribution is -2.29. The van der Waals surface area contributed by atoms with E-state index in [0.29, 0.717) is 6.61 Å². The van der Waals surface area contributed by atoms with Crippen molar-refractivity contribution in [2.24, 2.45) is 0 Å². The second-order valence-corrected chi connectivity index (χ2v) is 14.8. The number of rotatable bonds is 38. The number of hydrogen-bond donors (Lipinski definition) is 3. The highest BCUT2D eigenvalue weighted by Gasteiger charge is 2.26. The Kier molecular flexibility index (Phi) is 35.9. The summed E-state index contributed by atoms with van der Waals surface area (Å²) in [6, 6.07) is 0. The average molecular weight is 719 g/mol. The molecular weight excluding hydrogens is 643 g/mol. The number of phosphoric ester groups is 1. The molecule has 0 aliphatic heterocycles. The predicted molar refractivity (Wildman–Crippen MR) is 201 cm³/mol. The zero-order chi connectivity index (χ0) is 36.1. The molecule has 3 unspecified atom stereocenters. The van der Waals surface area contributed by atoms with Crippen molar-refractivity contribution < 1.29 is 43.0 Å². The lowest BCUT2D eigenvalue weighted by molar-refractivity contribution is -0.154. The molecule has 0 heterocycles. The molecule has 0 radical (unpaired) electrons. The SMILES string of the molecule is CCCCC/C=C\C/C=C\CCCCCCCCOCC(COP(=O)(O)OCC(O)CO)OC(=O)CCCCCCCCCCCCCC. The Hall–Kier alpha value is -1.06. The molecule has 0 saturated heterocycles. The summed E-state index contributed by atoms with van der Waals surface area (Å²) in [6.45, 7) is 3.47. The van der Waals surface area contributed by atoms with Gasteiger partial charge < -0.3 is 24.6 Å². The van der Waals surface area contributed by atoms with Gasteiger partial charge in [-0.1, -0.05) is 147 Å². The molecule has 0 rings (SSSR count). The zero-order valence-electron chi connectivity index (χ0n) is 31.4. The number of ether oxygens (including phenoxy) is 2. The van der Waals surface area contributed by atoms with E-state index in [9.17, 15) is 19.4 Å². The fourth-order valence-corrected chi connectivity index (χ4v) is 6.12. The quantitative estimate of drug-likeness (QED) is 0.0247. The number of esters is 1. The highest BCUT2D eigenvalue weighted by Crippen LogP contribution is 2.43. The first kappa shape index (κ1) is 47.9. The predicted octanol–water partition coefficient (Wildman–Crippen LogP) is 10.3. The average Bonchev–Trinajstić information content (AvgIpc) is 3.09. The second kappa shape index (κ2) is 36.7. The third-order valence-corrected chi connectivity index (χ3v) is 9.34. The Morgan fingerprint density at radius 1 is 0.633 bits per heavy atom. The third kappa shape index (κ3) is 36.5. The van der Waals surface area contributed by atoms with E-state index in [-0.39, 0.29) is 25.6 Å². The van der Waals surface area contributed by atoms with E-state index in [0.717, 1.165) is 51.4 Å². The number of carbonyl (C=O) groups is 1. The molecular formula is C39H75O9P. The van der Waals surface area contributed by atoms with Gasteiger partial charge in [0, 0.05) is 13.0 Å². The second-order valence-electron chi connectivity index (χ2n) is 13.3. The molecule has 0 fully saturated rings. The van der Waals surface area contributed by atoms with Gasteiger partial charge in [-0.25, -0.2) is 4.57 Å². The first-order valence-electron chi connectivity index (χ1n) is 19.8. The van der Waals surface area contributed by atoms with Crippen LogP contribution in [0, 0.1) is 0 Å². The lowest BCUT2D eigenvalue weighted by Gasteiger charge is -2.20. The van der Waals surface area contributed by atoms with Gasteiger partial charge in [-0.05, 0) is 44.9 Å². The molecule has 3 N–H and O–H groups in total. The van der Waals surface area contributed by atoms with Gasteiger partial charge in [-0.2, -0.15) is 0 Å². The highest BCUT2D eigenvalue weighted by atomic mass is 31.2. The minimum Gasteiger partial charge on any atom is -0.457 e. The lowest BCUT2D eigenvalue weighted by atomic mass is 10.0. The van der Waals surface area contributed by atoms with Crippen molar-refractivity contribution in [1.82, 2.24) is 0 Å². The molecule has 0 aromatic rings. The number of hydrogen-bond acceptors (Lipinski definition) is 8. The topological polar surface area (TPSA) is 132 Å². The van der Waals surface area contributed by atoms with Crippen LogP contribution < -0.4 is 0 Å². The summed E-state index contributed by atoms with van der Waals surface area (Å²) in [4.78, 5) is 22.5. The summed E-state index contributed by atoms with van der Waals surface area (Å²) >= 11 is 0. The van der Waals surface area contributed by atoms with E-state index in [2.05, 4.69) is 38.2 Å². The first-order valence-corrected chi connectivity index (χ1v) is 21.3. The molecule has 3 atom stereocenters. The number of unbranched alkanes of at least 4 members (excludes halogenated alkanes) is 20. The minimum absolute atomic E-state index is 0.0453. The van der Waals surface area contributed by atoms with Crippen LogP contribution in [0.4, 0.5) is 0 Å². The Morgan fingerprint density at radius 2 is 1.10 bits per heavy atom. The number of aliphatic hydroxyl groups excluding tert-OH is 2. The monoisotopic (exact) mass is 719 g/mol. The molecule has 0 amide bonds. The molecule has 0 bridgehead atoms. The van der Waals surface area contributed by atoms with Crippen molar-refractivity contribution >= 4 is 13.8 Å². The van der Waals surface area contributed by atoms with Crippen molar-refractivity contribution in [2.45, 2.75) is 187 Å². The summed E-state index contributed by atoms with van der Waals surface area (Å²) in [5.41, 5.74) is 0.